The summed E-state index contributed by atoms with van der Waals surface area (Å²) >= 11 is 5.85. The molecule has 2 fully saturated rings. The molecule has 0 bridgehead atoms. The number of nitrogens with one attached hydrogen (secondary N) is 1. The molecule has 1 aliphatic heterocycles. The van der Waals surface area contributed by atoms with Gasteiger partial charge in [-0.1, -0.05) is 11.6 Å². The summed E-state index contributed by atoms with van der Waals surface area (Å²) in [6.07, 6.45) is 3.37. The van der Waals surface area contributed by atoms with Gasteiger partial charge in [-0.15, -0.1) is 0 Å². The first-order valence-corrected chi connectivity index (χ1v) is 9.82. The van der Waals surface area contributed by atoms with Crippen LogP contribution >= 0.6 is 11.6 Å². The topological polar surface area (TPSA) is 75.7 Å². The Kier molecular flexibility index (Phi) is 6.37. The lowest BCUT2D eigenvalue weighted by Crippen LogP contribution is -2.41. The number of likely N-dealkylation sites (tertiary alicyclic amines) is 1. The molecule has 1 atom stereocenters. The van der Waals surface area contributed by atoms with Gasteiger partial charge in [0.2, 0.25) is 0 Å². The standard InChI is InChI=1S/C20H25ClN2O4/c1-13(14-2-3-14)22-18(24)12-27-20(26)16-8-10-23(11-9-16)19(25)15-4-6-17(21)7-5-15/h4-7,13-14,16H,2-3,8-12H2,1H3,(H,22,24)/t13-/m1/s1. The molecule has 3 rings (SSSR count). The van der Waals surface area contributed by atoms with E-state index in [1.54, 1.807) is 29.2 Å². The average Bonchev–Trinajstić information content (AvgIpc) is 3.51. The second-order valence-electron chi connectivity index (χ2n) is 7.37. The van der Waals surface area contributed by atoms with Gasteiger partial charge >= 0.3 is 5.97 Å². The fourth-order valence-corrected chi connectivity index (χ4v) is 3.48. The summed E-state index contributed by atoms with van der Waals surface area (Å²) in [6, 6.07) is 6.92. The number of rotatable bonds is 6. The predicted molar refractivity (Wildman–Crippen MR) is 101 cm³/mol. The van der Waals surface area contributed by atoms with Crippen molar-refractivity contribution in [2.75, 3.05) is 19.7 Å². The molecule has 0 spiro atoms. The number of esters is 1. The van der Waals surface area contributed by atoms with Crippen LogP contribution in [0.4, 0.5) is 0 Å². The minimum absolute atomic E-state index is 0.0630. The van der Waals surface area contributed by atoms with Crippen molar-refractivity contribution in [1.29, 1.82) is 0 Å². The second kappa shape index (κ2) is 8.74. The van der Waals surface area contributed by atoms with Gasteiger partial charge in [0.1, 0.15) is 0 Å². The molecule has 1 saturated heterocycles. The van der Waals surface area contributed by atoms with Crippen LogP contribution in [-0.4, -0.2) is 48.4 Å². The van der Waals surface area contributed by atoms with Gasteiger partial charge in [0.15, 0.2) is 6.61 Å². The Morgan fingerprint density at radius 2 is 1.78 bits per heavy atom. The first-order valence-electron chi connectivity index (χ1n) is 9.45. The van der Waals surface area contributed by atoms with Gasteiger partial charge in [0.25, 0.3) is 11.8 Å². The zero-order valence-electron chi connectivity index (χ0n) is 15.4. The van der Waals surface area contributed by atoms with E-state index in [1.807, 2.05) is 6.92 Å². The van der Waals surface area contributed by atoms with Crippen LogP contribution in [0.15, 0.2) is 24.3 Å². The number of carbonyl (C=O) groups excluding carboxylic acids is 3. The molecule has 146 valence electrons. The van der Waals surface area contributed by atoms with Gasteiger partial charge in [-0.2, -0.15) is 0 Å². The van der Waals surface area contributed by atoms with E-state index in [0.29, 0.717) is 42.4 Å². The molecule has 6 nitrogen and oxygen atoms in total. The monoisotopic (exact) mass is 392 g/mol. The maximum atomic E-state index is 12.5. The number of benzene rings is 1. The highest BCUT2D eigenvalue weighted by atomic mass is 35.5. The summed E-state index contributed by atoms with van der Waals surface area (Å²) in [4.78, 5) is 38.3. The maximum absolute atomic E-state index is 12.5. The number of piperidine rings is 1. The van der Waals surface area contributed by atoms with E-state index in [1.165, 1.54) is 0 Å². The minimum Gasteiger partial charge on any atom is -0.455 e. The van der Waals surface area contributed by atoms with Gasteiger partial charge in [0.05, 0.1) is 5.92 Å². The van der Waals surface area contributed by atoms with Gasteiger partial charge in [-0.05, 0) is 62.8 Å². The predicted octanol–water partition coefficient (Wildman–Crippen LogP) is 2.65. The van der Waals surface area contributed by atoms with E-state index in [9.17, 15) is 14.4 Å². The molecule has 2 amide bonds. The van der Waals surface area contributed by atoms with Crippen LogP contribution in [0.3, 0.4) is 0 Å². The minimum atomic E-state index is -0.359. The van der Waals surface area contributed by atoms with Crippen LogP contribution in [0, 0.1) is 11.8 Å². The molecule has 0 aromatic heterocycles. The lowest BCUT2D eigenvalue weighted by molar-refractivity contribution is -0.154. The maximum Gasteiger partial charge on any atom is 0.309 e. The van der Waals surface area contributed by atoms with Crippen LogP contribution in [-0.2, 0) is 14.3 Å². The molecule has 0 radical (unpaired) electrons. The van der Waals surface area contributed by atoms with Gasteiger partial charge in [-0.25, -0.2) is 0 Å². The summed E-state index contributed by atoms with van der Waals surface area (Å²) in [6.45, 7) is 2.73. The van der Waals surface area contributed by atoms with Crippen LogP contribution in [0.25, 0.3) is 0 Å². The number of hydrogen-bond acceptors (Lipinski definition) is 4. The first kappa shape index (κ1) is 19.7. The quantitative estimate of drug-likeness (QED) is 0.755. The lowest BCUT2D eigenvalue weighted by Gasteiger charge is -2.31. The molecular formula is C20H25ClN2O4. The number of ether oxygens (including phenoxy) is 1. The summed E-state index contributed by atoms with van der Waals surface area (Å²) in [5.41, 5.74) is 0.585. The number of amides is 2. The van der Waals surface area contributed by atoms with Crippen LogP contribution in [0.1, 0.15) is 43.0 Å². The Morgan fingerprint density at radius 3 is 2.37 bits per heavy atom. The van der Waals surface area contributed by atoms with Crippen LogP contribution < -0.4 is 5.32 Å². The Morgan fingerprint density at radius 1 is 1.15 bits per heavy atom. The molecule has 1 aliphatic carbocycles. The summed E-state index contributed by atoms with van der Waals surface area (Å²) < 4.78 is 5.17. The summed E-state index contributed by atoms with van der Waals surface area (Å²) in [7, 11) is 0. The van der Waals surface area contributed by atoms with Crippen molar-refractivity contribution >= 4 is 29.4 Å². The van der Waals surface area contributed by atoms with E-state index in [0.717, 1.165) is 12.8 Å². The highest BCUT2D eigenvalue weighted by Crippen LogP contribution is 2.32. The van der Waals surface area contributed by atoms with E-state index in [4.69, 9.17) is 16.3 Å². The Balaban J connectivity index is 1.40. The van der Waals surface area contributed by atoms with Crippen LogP contribution in [0.5, 0.6) is 0 Å². The van der Waals surface area contributed by atoms with E-state index in [2.05, 4.69) is 5.32 Å². The fourth-order valence-electron chi connectivity index (χ4n) is 3.36. The fraction of sp³-hybridized carbons (Fsp3) is 0.550. The normalized spacial score (nSPS) is 18.7. The molecule has 1 heterocycles. The number of carbonyl (C=O) groups is 3. The van der Waals surface area contributed by atoms with Crippen molar-refractivity contribution in [1.82, 2.24) is 10.2 Å². The third kappa shape index (κ3) is 5.45. The van der Waals surface area contributed by atoms with Crippen molar-refractivity contribution in [3.8, 4) is 0 Å². The highest BCUT2D eigenvalue weighted by Gasteiger charge is 2.31. The Labute approximate surface area is 164 Å². The molecule has 1 aromatic carbocycles. The first-order chi connectivity index (χ1) is 12.9. The lowest BCUT2D eigenvalue weighted by atomic mass is 9.96. The van der Waals surface area contributed by atoms with Gasteiger partial charge < -0.3 is 15.0 Å². The zero-order valence-corrected chi connectivity index (χ0v) is 16.2. The SMILES string of the molecule is C[C@@H](NC(=O)COC(=O)C1CCN(C(=O)c2ccc(Cl)cc2)CC1)C1CC1. The third-order valence-electron chi connectivity index (χ3n) is 5.27. The summed E-state index contributed by atoms with van der Waals surface area (Å²) in [5, 5.41) is 3.45. The summed E-state index contributed by atoms with van der Waals surface area (Å²) in [5.74, 6) is -0.382. The third-order valence-corrected chi connectivity index (χ3v) is 5.52. The van der Waals surface area contributed by atoms with E-state index < -0.39 is 0 Å². The Bertz CT molecular complexity index is 694. The van der Waals surface area contributed by atoms with Crippen LogP contribution in [0.2, 0.25) is 5.02 Å². The van der Waals surface area contributed by atoms with Crippen molar-refractivity contribution in [3.05, 3.63) is 34.9 Å². The molecular weight excluding hydrogens is 368 g/mol. The molecule has 0 unspecified atom stereocenters. The zero-order chi connectivity index (χ0) is 19.4. The molecule has 2 aliphatic rings. The van der Waals surface area contributed by atoms with Crippen molar-refractivity contribution in [2.24, 2.45) is 11.8 Å². The molecule has 1 aromatic rings. The molecule has 7 heteroatoms. The van der Waals surface area contributed by atoms with Crippen molar-refractivity contribution < 1.29 is 19.1 Å². The van der Waals surface area contributed by atoms with Crippen molar-refractivity contribution in [3.63, 3.8) is 0 Å². The molecule has 1 N–H and O–H groups in total. The Hall–Kier alpha value is -2.08. The molecule has 1 saturated carbocycles. The van der Waals surface area contributed by atoms with Gasteiger partial charge in [0, 0.05) is 29.7 Å². The van der Waals surface area contributed by atoms with Crippen molar-refractivity contribution in [2.45, 2.75) is 38.6 Å². The number of nitrogens with zero attached hydrogens (tertiary/aromatic N) is 1. The molecule has 27 heavy (non-hydrogen) atoms. The second-order valence-corrected chi connectivity index (χ2v) is 7.81. The van der Waals surface area contributed by atoms with E-state index in [-0.39, 0.29) is 36.4 Å². The largest absolute Gasteiger partial charge is 0.455 e. The number of hydrogen-bond donors (Lipinski definition) is 1. The number of halogens is 1. The smallest absolute Gasteiger partial charge is 0.309 e. The van der Waals surface area contributed by atoms with Gasteiger partial charge in [-0.3, -0.25) is 14.4 Å². The highest BCUT2D eigenvalue weighted by molar-refractivity contribution is 6.30. The average molecular weight is 393 g/mol. The van der Waals surface area contributed by atoms with E-state index >= 15 is 0 Å².